The van der Waals surface area contributed by atoms with E-state index < -0.39 is 23.8 Å². The Labute approximate surface area is 70.8 Å². The lowest BCUT2D eigenvalue weighted by atomic mass is 10.2. The van der Waals surface area contributed by atoms with Crippen LogP contribution in [0.15, 0.2) is 18.3 Å². The van der Waals surface area contributed by atoms with Crippen molar-refractivity contribution < 1.29 is 22.7 Å². The summed E-state index contributed by atoms with van der Waals surface area (Å²) in [5.74, 6) is -0.867. The quantitative estimate of drug-likeness (QED) is 0.693. The molecule has 0 aromatic carbocycles. The third-order valence-electron chi connectivity index (χ3n) is 1.33. The lowest BCUT2D eigenvalue weighted by Gasteiger charge is -2.13. The second-order valence-electron chi connectivity index (χ2n) is 2.34. The van der Waals surface area contributed by atoms with Crippen molar-refractivity contribution in [3.63, 3.8) is 0 Å². The predicted octanol–water partition coefficient (Wildman–Crippen LogP) is 1.82. The lowest BCUT2D eigenvalue weighted by Crippen LogP contribution is -2.21. The predicted molar refractivity (Wildman–Crippen MR) is 35.2 cm³/mol. The number of aliphatic hydroxyl groups is 1. The van der Waals surface area contributed by atoms with Crippen LogP contribution in [0.25, 0.3) is 0 Å². The summed E-state index contributed by atoms with van der Waals surface area (Å²) in [6.07, 6.45) is -6.69. The Hall–Kier alpha value is -1.17. The Morgan fingerprint density at radius 2 is 2.00 bits per heavy atom. The van der Waals surface area contributed by atoms with E-state index >= 15 is 0 Å². The maximum absolute atomic E-state index is 12.4. The van der Waals surface area contributed by atoms with Gasteiger partial charge in [-0.25, -0.2) is 4.39 Å². The van der Waals surface area contributed by atoms with Crippen LogP contribution in [0.4, 0.5) is 17.6 Å². The van der Waals surface area contributed by atoms with Crippen molar-refractivity contribution >= 4 is 0 Å². The SMILES string of the molecule is O[C@@H](c1cc(F)ccn1)C(F)(F)F. The number of hydrogen-bond acceptors (Lipinski definition) is 2. The van der Waals surface area contributed by atoms with Gasteiger partial charge in [-0.3, -0.25) is 4.98 Å². The highest BCUT2D eigenvalue weighted by Gasteiger charge is 2.40. The summed E-state index contributed by atoms with van der Waals surface area (Å²) in [5, 5.41) is 8.63. The number of pyridine rings is 1. The number of hydrogen-bond donors (Lipinski definition) is 1. The summed E-state index contributed by atoms with van der Waals surface area (Å²) in [6, 6.07) is 1.44. The van der Waals surface area contributed by atoms with Gasteiger partial charge in [0.1, 0.15) is 5.82 Å². The maximum Gasteiger partial charge on any atom is 0.420 e. The first-order valence-electron chi connectivity index (χ1n) is 3.27. The smallest absolute Gasteiger partial charge is 0.378 e. The van der Waals surface area contributed by atoms with E-state index in [0.29, 0.717) is 6.07 Å². The first-order valence-corrected chi connectivity index (χ1v) is 3.27. The topological polar surface area (TPSA) is 33.1 Å². The number of halogens is 4. The third kappa shape index (κ3) is 2.38. The van der Waals surface area contributed by atoms with Crippen LogP contribution in [-0.4, -0.2) is 16.3 Å². The molecule has 1 N–H and O–H groups in total. The molecule has 1 aromatic heterocycles. The molecule has 0 aliphatic rings. The molecule has 0 saturated heterocycles. The zero-order chi connectivity index (χ0) is 10.1. The van der Waals surface area contributed by atoms with Gasteiger partial charge in [0, 0.05) is 6.20 Å². The van der Waals surface area contributed by atoms with Gasteiger partial charge in [-0.1, -0.05) is 0 Å². The summed E-state index contributed by atoms with van der Waals surface area (Å²) in [5.41, 5.74) is -0.743. The van der Waals surface area contributed by atoms with E-state index in [1.54, 1.807) is 0 Å². The van der Waals surface area contributed by atoms with Crippen molar-refractivity contribution in [2.24, 2.45) is 0 Å². The molecule has 1 atom stereocenters. The first-order chi connectivity index (χ1) is 5.91. The molecule has 0 radical (unpaired) electrons. The van der Waals surface area contributed by atoms with Gasteiger partial charge >= 0.3 is 6.18 Å². The zero-order valence-electron chi connectivity index (χ0n) is 6.22. The van der Waals surface area contributed by atoms with Crippen molar-refractivity contribution in [1.82, 2.24) is 4.98 Å². The highest BCUT2D eigenvalue weighted by Crippen LogP contribution is 2.31. The second-order valence-corrected chi connectivity index (χ2v) is 2.34. The highest BCUT2D eigenvalue weighted by molar-refractivity contribution is 5.09. The van der Waals surface area contributed by atoms with Crippen LogP contribution in [0.2, 0.25) is 0 Å². The van der Waals surface area contributed by atoms with E-state index in [2.05, 4.69) is 4.98 Å². The van der Waals surface area contributed by atoms with Gasteiger partial charge in [-0.15, -0.1) is 0 Å². The molecule has 0 spiro atoms. The summed E-state index contributed by atoms with van der Waals surface area (Å²) >= 11 is 0. The number of aliphatic hydroxyl groups excluding tert-OH is 1. The maximum atomic E-state index is 12.4. The van der Waals surface area contributed by atoms with Crippen LogP contribution in [0.5, 0.6) is 0 Å². The summed E-state index contributed by atoms with van der Waals surface area (Å²) in [6.45, 7) is 0. The van der Waals surface area contributed by atoms with Crippen LogP contribution in [0.1, 0.15) is 11.8 Å². The van der Waals surface area contributed by atoms with Gasteiger partial charge in [0.2, 0.25) is 0 Å². The summed E-state index contributed by atoms with van der Waals surface area (Å²) in [7, 11) is 0. The van der Waals surface area contributed by atoms with E-state index in [-0.39, 0.29) is 0 Å². The van der Waals surface area contributed by atoms with Crippen molar-refractivity contribution in [2.45, 2.75) is 12.3 Å². The molecule has 13 heavy (non-hydrogen) atoms. The van der Waals surface area contributed by atoms with Crippen LogP contribution >= 0.6 is 0 Å². The molecule has 0 unspecified atom stereocenters. The molecule has 1 aromatic rings. The van der Waals surface area contributed by atoms with Crippen molar-refractivity contribution in [3.05, 3.63) is 29.8 Å². The molecule has 0 saturated carbocycles. The molecular formula is C7H5F4NO. The standard InChI is InChI=1S/C7H5F4NO/c8-4-1-2-12-5(3-4)6(13)7(9,10)11/h1-3,6,13H/t6-/m0/s1. The lowest BCUT2D eigenvalue weighted by molar-refractivity contribution is -0.208. The van der Waals surface area contributed by atoms with E-state index in [1.165, 1.54) is 0 Å². The summed E-state index contributed by atoms with van der Waals surface area (Å²) < 4.78 is 48.0. The monoisotopic (exact) mass is 195 g/mol. The van der Waals surface area contributed by atoms with Crippen LogP contribution in [-0.2, 0) is 0 Å². The largest absolute Gasteiger partial charge is 0.420 e. The van der Waals surface area contributed by atoms with Crippen LogP contribution < -0.4 is 0 Å². The molecule has 0 aliphatic heterocycles. The number of nitrogens with zero attached hydrogens (tertiary/aromatic N) is 1. The van der Waals surface area contributed by atoms with E-state index in [4.69, 9.17) is 5.11 Å². The molecule has 2 nitrogen and oxygen atoms in total. The van der Waals surface area contributed by atoms with Gasteiger partial charge in [-0.05, 0) is 12.1 Å². The minimum absolute atomic E-state index is 0.540. The van der Waals surface area contributed by atoms with Crippen molar-refractivity contribution in [1.29, 1.82) is 0 Å². The minimum atomic E-state index is -4.82. The van der Waals surface area contributed by atoms with E-state index in [9.17, 15) is 17.6 Å². The summed E-state index contributed by atoms with van der Waals surface area (Å²) in [4.78, 5) is 3.20. The normalized spacial score (nSPS) is 14.2. The first kappa shape index (κ1) is 9.91. The van der Waals surface area contributed by atoms with Gasteiger partial charge in [0.15, 0.2) is 6.10 Å². The second kappa shape index (κ2) is 3.29. The Kier molecular flexibility index (Phi) is 2.51. The van der Waals surface area contributed by atoms with Crippen LogP contribution in [0.3, 0.4) is 0 Å². The molecule has 6 heteroatoms. The highest BCUT2D eigenvalue weighted by atomic mass is 19.4. The van der Waals surface area contributed by atoms with Gasteiger partial charge < -0.3 is 5.11 Å². The molecule has 1 rings (SSSR count). The number of rotatable bonds is 1. The third-order valence-corrected chi connectivity index (χ3v) is 1.33. The average Bonchev–Trinajstić information content (AvgIpc) is 2.01. The Bertz CT molecular complexity index is 299. The van der Waals surface area contributed by atoms with Crippen LogP contribution in [0, 0.1) is 5.82 Å². The molecule has 0 bridgehead atoms. The zero-order valence-corrected chi connectivity index (χ0v) is 6.22. The molecule has 1 heterocycles. The minimum Gasteiger partial charge on any atom is -0.378 e. The molecular weight excluding hydrogens is 190 g/mol. The fourth-order valence-electron chi connectivity index (χ4n) is 0.738. The average molecular weight is 195 g/mol. The van der Waals surface area contributed by atoms with Gasteiger partial charge in [0.05, 0.1) is 5.69 Å². The van der Waals surface area contributed by atoms with Crippen molar-refractivity contribution in [2.75, 3.05) is 0 Å². The van der Waals surface area contributed by atoms with Gasteiger partial charge in [0.25, 0.3) is 0 Å². The molecule has 0 fully saturated rings. The molecule has 0 aliphatic carbocycles. The number of aromatic nitrogens is 1. The van der Waals surface area contributed by atoms with E-state index in [0.717, 1.165) is 12.3 Å². The molecule has 0 amide bonds. The molecule has 72 valence electrons. The number of alkyl halides is 3. The fourth-order valence-corrected chi connectivity index (χ4v) is 0.738. The van der Waals surface area contributed by atoms with Gasteiger partial charge in [-0.2, -0.15) is 13.2 Å². The Morgan fingerprint density at radius 1 is 1.38 bits per heavy atom. The Morgan fingerprint density at radius 3 is 2.46 bits per heavy atom. The van der Waals surface area contributed by atoms with Crippen molar-refractivity contribution in [3.8, 4) is 0 Å². The Balaban J connectivity index is 2.96. The fraction of sp³-hybridized carbons (Fsp3) is 0.286. The van der Waals surface area contributed by atoms with E-state index in [1.807, 2.05) is 0 Å².